The van der Waals surface area contributed by atoms with E-state index in [1.165, 1.54) is 0 Å². The van der Waals surface area contributed by atoms with Crippen LogP contribution in [0.3, 0.4) is 0 Å². The third kappa shape index (κ3) is 4.34. The third-order valence-electron chi connectivity index (χ3n) is 3.82. The topological polar surface area (TPSA) is 40.5 Å². The van der Waals surface area contributed by atoms with Gasteiger partial charge in [-0.15, -0.1) is 0 Å². The van der Waals surface area contributed by atoms with Crippen LogP contribution in [-0.4, -0.2) is 28.1 Å². The molecule has 1 fully saturated rings. The first kappa shape index (κ1) is 15.0. The number of amides is 1. The fraction of sp³-hybridized carbons (Fsp3) is 0.588. The van der Waals surface area contributed by atoms with Gasteiger partial charge in [-0.25, -0.2) is 0 Å². The van der Waals surface area contributed by atoms with Gasteiger partial charge in [0, 0.05) is 19.0 Å². The zero-order chi connectivity index (χ0) is 14.8. The van der Waals surface area contributed by atoms with Crippen molar-refractivity contribution in [3.05, 3.63) is 35.9 Å². The highest BCUT2D eigenvalue weighted by Crippen LogP contribution is 2.37. The van der Waals surface area contributed by atoms with E-state index in [1.807, 2.05) is 37.3 Å². The van der Waals surface area contributed by atoms with Crippen molar-refractivity contribution < 1.29 is 9.90 Å². The largest absolute Gasteiger partial charge is 0.389 e. The Hall–Kier alpha value is -1.35. The van der Waals surface area contributed by atoms with Gasteiger partial charge in [0.05, 0.1) is 5.60 Å². The molecule has 20 heavy (non-hydrogen) atoms. The Bertz CT molecular complexity index is 446. The van der Waals surface area contributed by atoms with Crippen molar-refractivity contribution in [1.29, 1.82) is 0 Å². The van der Waals surface area contributed by atoms with E-state index >= 15 is 0 Å². The average Bonchev–Trinajstić information content (AvgIpc) is 3.20. The molecular weight excluding hydrogens is 250 g/mol. The van der Waals surface area contributed by atoms with E-state index in [-0.39, 0.29) is 11.8 Å². The summed E-state index contributed by atoms with van der Waals surface area (Å²) in [5.74, 6) is 0.780. The van der Waals surface area contributed by atoms with E-state index < -0.39 is 5.60 Å². The minimum atomic E-state index is -0.867. The van der Waals surface area contributed by atoms with E-state index in [2.05, 4.69) is 0 Å². The number of rotatable bonds is 6. The van der Waals surface area contributed by atoms with Gasteiger partial charge in [-0.1, -0.05) is 37.3 Å². The Morgan fingerprint density at radius 3 is 2.45 bits per heavy atom. The van der Waals surface area contributed by atoms with Crippen LogP contribution in [0.25, 0.3) is 0 Å². The lowest BCUT2D eigenvalue weighted by atomic mass is 10.0. The first-order valence-corrected chi connectivity index (χ1v) is 7.42. The molecular formula is C17H25NO2. The minimum Gasteiger partial charge on any atom is -0.389 e. The number of carbonyl (C=O) groups excluding carboxylic acids is 1. The third-order valence-corrected chi connectivity index (χ3v) is 3.82. The summed E-state index contributed by atoms with van der Waals surface area (Å²) in [6, 6.07) is 9.97. The van der Waals surface area contributed by atoms with Crippen molar-refractivity contribution in [2.45, 2.75) is 45.8 Å². The molecule has 1 aromatic carbocycles. The predicted molar refractivity (Wildman–Crippen MR) is 80.0 cm³/mol. The Morgan fingerprint density at radius 2 is 1.95 bits per heavy atom. The van der Waals surface area contributed by atoms with Crippen molar-refractivity contribution in [3.63, 3.8) is 0 Å². The van der Waals surface area contributed by atoms with Gasteiger partial charge in [-0.05, 0) is 38.2 Å². The number of carbonyl (C=O) groups is 1. The van der Waals surface area contributed by atoms with E-state index in [0.717, 1.165) is 18.4 Å². The van der Waals surface area contributed by atoms with Gasteiger partial charge in [0.1, 0.15) is 0 Å². The summed E-state index contributed by atoms with van der Waals surface area (Å²) in [4.78, 5) is 14.4. The molecule has 2 rings (SSSR count). The van der Waals surface area contributed by atoms with Crippen LogP contribution in [0, 0.1) is 11.8 Å². The molecule has 1 amide bonds. The zero-order valence-corrected chi connectivity index (χ0v) is 12.7. The number of benzene rings is 1. The molecule has 0 heterocycles. The maximum Gasteiger partial charge on any atom is 0.226 e. The van der Waals surface area contributed by atoms with E-state index in [9.17, 15) is 9.90 Å². The van der Waals surface area contributed by atoms with Gasteiger partial charge in [0.2, 0.25) is 5.91 Å². The monoisotopic (exact) mass is 275 g/mol. The van der Waals surface area contributed by atoms with E-state index in [1.54, 1.807) is 18.7 Å². The molecule has 1 unspecified atom stereocenters. The second-order valence-electron chi connectivity index (χ2n) is 6.62. The Balaban J connectivity index is 2.09. The summed E-state index contributed by atoms with van der Waals surface area (Å²) in [5.41, 5.74) is 0.237. The first-order valence-electron chi connectivity index (χ1n) is 7.42. The van der Waals surface area contributed by atoms with Gasteiger partial charge >= 0.3 is 0 Å². The smallest absolute Gasteiger partial charge is 0.226 e. The molecule has 0 aliphatic heterocycles. The highest BCUT2D eigenvalue weighted by Gasteiger charge is 2.36. The lowest BCUT2D eigenvalue weighted by Crippen LogP contribution is -2.44. The van der Waals surface area contributed by atoms with Crippen molar-refractivity contribution in [1.82, 2.24) is 4.90 Å². The predicted octanol–water partition coefficient (Wildman–Crippen LogP) is 2.83. The molecule has 0 bridgehead atoms. The fourth-order valence-corrected chi connectivity index (χ4v) is 2.57. The second-order valence-corrected chi connectivity index (χ2v) is 6.62. The molecule has 0 aromatic heterocycles. The fourth-order valence-electron chi connectivity index (χ4n) is 2.57. The minimum absolute atomic E-state index is 0.0704. The van der Waals surface area contributed by atoms with Gasteiger partial charge in [-0.3, -0.25) is 4.79 Å². The summed E-state index contributed by atoms with van der Waals surface area (Å²) < 4.78 is 0. The molecule has 1 atom stereocenters. The summed E-state index contributed by atoms with van der Waals surface area (Å²) in [5, 5.41) is 10.1. The molecule has 1 saturated carbocycles. The quantitative estimate of drug-likeness (QED) is 0.867. The summed E-state index contributed by atoms with van der Waals surface area (Å²) >= 11 is 0. The molecule has 0 saturated heterocycles. The Kier molecular flexibility index (Phi) is 4.48. The van der Waals surface area contributed by atoms with Crippen LogP contribution in [0.2, 0.25) is 0 Å². The van der Waals surface area contributed by atoms with Crippen LogP contribution < -0.4 is 0 Å². The van der Waals surface area contributed by atoms with Gasteiger partial charge in [0.25, 0.3) is 0 Å². The normalized spacial score (nSPS) is 16.8. The van der Waals surface area contributed by atoms with Crippen LogP contribution in [0.4, 0.5) is 0 Å². The van der Waals surface area contributed by atoms with E-state index in [0.29, 0.717) is 19.0 Å². The molecule has 0 spiro atoms. The zero-order valence-electron chi connectivity index (χ0n) is 12.7. The summed E-state index contributed by atoms with van der Waals surface area (Å²) in [7, 11) is 0. The van der Waals surface area contributed by atoms with Crippen molar-refractivity contribution in [2.24, 2.45) is 11.8 Å². The number of hydrogen-bond donors (Lipinski definition) is 1. The van der Waals surface area contributed by atoms with Gasteiger partial charge in [0.15, 0.2) is 0 Å². The molecule has 3 heteroatoms. The molecule has 1 N–H and O–H groups in total. The van der Waals surface area contributed by atoms with Crippen molar-refractivity contribution in [2.75, 3.05) is 6.54 Å². The van der Waals surface area contributed by atoms with Crippen LogP contribution in [0.1, 0.15) is 39.2 Å². The molecule has 110 valence electrons. The maximum absolute atomic E-state index is 12.6. The van der Waals surface area contributed by atoms with Crippen LogP contribution in [0.15, 0.2) is 30.3 Å². The van der Waals surface area contributed by atoms with Crippen molar-refractivity contribution >= 4 is 5.91 Å². The second kappa shape index (κ2) is 5.96. The number of hydrogen-bond acceptors (Lipinski definition) is 2. The summed E-state index contributed by atoms with van der Waals surface area (Å²) in [6.07, 6.45) is 2.32. The van der Waals surface area contributed by atoms with Crippen LogP contribution in [-0.2, 0) is 11.3 Å². The Morgan fingerprint density at radius 1 is 1.35 bits per heavy atom. The standard InChI is InChI=1S/C17H25NO2/c1-13(15-9-10-15)16(19)18(12-17(2,3)20)11-14-7-5-4-6-8-14/h4-8,13,15,20H,9-12H2,1-3H3. The van der Waals surface area contributed by atoms with Crippen LogP contribution >= 0.6 is 0 Å². The van der Waals surface area contributed by atoms with Crippen molar-refractivity contribution in [3.8, 4) is 0 Å². The molecule has 1 aromatic rings. The SMILES string of the molecule is CC(C(=O)N(Cc1ccccc1)CC(C)(C)O)C1CC1. The lowest BCUT2D eigenvalue weighted by Gasteiger charge is -2.31. The molecule has 3 nitrogen and oxygen atoms in total. The van der Waals surface area contributed by atoms with E-state index in [4.69, 9.17) is 0 Å². The molecule has 1 aliphatic carbocycles. The highest BCUT2D eigenvalue weighted by molar-refractivity contribution is 5.79. The number of aliphatic hydroxyl groups is 1. The summed E-state index contributed by atoms with van der Waals surface area (Å²) in [6.45, 7) is 6.46. The molecule has 0 radical (unpaired) electrons. The van der Waals surface area contributed by atoms with Crippen LogP contribution in [0.5, 0.6) is 0 Å². The van der Waals surface area contributed by atoms with Gasteiger partial charge < -0.3 is 10.0 Å². The first-order chi connectivity index (χ1) is 9.37. The molecule has 1 aliphatic rings. The highest BCUT2D eigenvalue weighted by atomic mass is 16.3. The van der Waals surface area contributed by atoms with Gasteiger partial charge in [-0.2, -0.15) is 0 Å². The average molecular weight is 275 g/mol. The number of nitrogens with zero attached hydrogens (tertiary/aromatic N) is 1. The lowest BCUT2D eigenvalue weighted by molar-refractivity contribution is -0.139. The maximum atomic E-state index is 12.6. The Labute approximate surface area is 121 Å².